The molecule has 124 valence electrons. The van der Waals surface area contributed by atoms with Crippen molar-refractivity contribution in [2.24, 2.45) is 11.1 Å². The van der Waals surface area contributed by atoms with Crippen LogP contribution in [0.3, 0.4) is 0 Å². The van der Waals surface area contributed by atoms with E-state index in [1.165, 1.54) is 5.56 Å². The Hall–Kier alpha value is -1.88. The Morgan fingerprint density at radius 2 is 1.96 bits per heavy atom. The second-order valence-electron chi connectivity index (χ2n) is 7.02. The second kappa shape index (κ2) is 6.71. The van der Waals surface area contributed by atoms with Gasteiger partial charge in [-0.1, -0.05) is 30.3 Å². The molecule has 5 nitrogen and oxygen atoms in total. The van der Waals surface area contributed by atoms with Crippen molar-refractivity contribution in [3.63, 3.8) is 0 Å². The monoisotopic (exact) mass is 315 g/mol. The lowest BCUT2D eigenvalue weighted by atomic mass is 9.73. The SMILES string of the molecule is NC(=O)CN1CCC[C@]2(CCC(=O)N(Cc3ccccc3)C2)C1. The normalized spacial score (nSPS) is 25.7. The summed E-state index contributed by atoms with van der Waals surface area (Å²) in [5.41, 5.74) is 6.64. The molecule has 0 bridgehead atoms. The average Bonchev–Trinajstić information content (AvgIpc) is 2.52. The van der Waals surface area contributed by atoms with Gasteiger partial charge in [0.2, 0.25) is 11.8 Å². The van der Waals surface area contributed by atoms with Crippen LogP contribution in [0.5, 0.6) is 0 Å². The molecule has 2 heterocycles. The van der Waals surface area contributed by atoms with Crippen LogP contribution in [-0.4, -0.2) is 47.8 Å². The van der Waals surface area contributed by atoms with Crippen molar-refractivity contribution in [3.05, 3.63) is 35.9 Å². The van der Waals surface area contributed by atoms with Gasteiger partial charge in [-0.25, -0.2) is 0 Å². The van der Waals surface area contributed by atoms with Gasteiger partial charge < -0.3 is 10.6 Å². The molecule has 1 aromatic rings. The van der Waals surface area contributed by atoms with Crippen molar-refractivity contribution in [2.45, 2.75) is 32.2 Å². The summed E-state index contributed by atoms with van der Waals surface area (Å²) in [5.74, 6) is -0.0263. The fourth-order valence-electron chi connectivity index (χ4n) is 4.05. The second-order valence-corrected chi connectivity index (χ2v) is 7.02. The van der Waals surface area contributed by atoms with E-state index >= 15 is 0 Å². The number of benzene rings is 1. The number of amides is 2. The van der Waals surface area contributed by atoms with Gasteiger partial charge in [0.1, 0.15) is 0 Å². The molecule has 2 saturated heterocycles. The molecule has 2 fully saturated rings. The van der Waals surface area contributed by atoms with Gasteiger partial charge in [-0.3, -0.25) is 14.5 Å². The van der Waals surface area contributed by atoms with Crippen LogP contribution in [0.15, 0.2) is 30.3 Å². The van der Waals surface area contributed by atoms with E-state index in [1.807, 2.05) is 23.1 Å². The number of hydrogen-bond donors (Lipinski definition) is 1. The molecular weight excluding hydrogens is 290 g/mol. The van der Waals surface area contributed by atoms with Gasteiger partial charge in [-0.2, -0.15) is 0 Å². The van der Waals surface area contributed by atoms with E-state index in [2.05, 4.69) is 17.0 Å². The molecule has 3 rings (SSSR count). The fraction of sp³-hybridized carbons (Fsp3) is 0.556. The summed E-state index contributed by atoms with van der Waals surface area (Å²) in [4.78, 5) is 27.7. The first-order valence-corrected chi connectivity index (χ1v) is 8.39. The number of carbonyl (C=O) groups excluding carboxylic acids is 2. The third kappa shape index (κ3) is 3.91. The molecule has 2 aliphatic rings. The molecular formula is C18H25N3O2. The Bertz CT molecular complexity index is 575. The van der Waals surface area contributed by atoms with Crippen molar-refractivity contribution in [1.82, 2.24) is 9.80 Å². The van der Waals surface area contributed by atoms with Crippen LogP contribution in [-0.2, 0) is 16.1 Å². The summed E-state index contributed by atoms with van der Waals surface area (Å²) in [6, 6.07) is 10.1. The maximum atomic E-state index is 12.3. The van der Waals surface area contributed by atoms with Gasteiger partial charge in [-0.15, -0.1) is 0 Å². The van der Waals surface area contributed by atoms with Crippen LogP contribution in [0, 0.1) is 5.41 Å². The predicted octanol–water partition coefficient (Wildman–Crippen LogP) is 1.38. The van der Waals surface area contributed by atoms with Crippen molar-refractivity contribution in [3.8, 4) is 0 Å². The Morgan fingerprint density at radius 1 is 1.17 bits per heavy atom. The Morgan fingerprint density at radius 3 is 2.70 bits per heavy atom. The van der Waals surface area contributed by atoms with Crippen LogP contribution in [0.25, 0.3) is 0 Å². The van der Waals surface area contributed by atoms with Gasteiger partial charge in [0, 0.05) is 31.5 Å². The van der Waals surface area contributed by atoms with Crippen LogP contribution in [0.2, 0.25) is 0 Å². The van der Waals surface area contributed by atoms with Crippen LogP contribution < -0.4 is 5.73 Å². The number of nitrogens with zero attached hydrogens (tertiary/aromatic N) is 2. The van der Waals surface area contributed by atoms with Crippen LogP contribution >= 0.6 is 0 Å². The maximum Gasteiger partial charge on any atom is 0.231 e. The zero-order valence-electron chi connectivity index (χ0n) is 13.5. The highest BCUT2D eigenvalue weighted by molar-refractivity contribution is 5.77. The minimum Gasteiger partial charge on any atom is -0.369 e. The zero-order chi connectivity index (χ0) is 16.3. The lowest BCUT2D eigenvalue weighted by Crippen LogP contribution is -2.54. The minimum absolute atomic E-state index is 0.121. The predicted molar refractivity (Wildman–Crippen MR) is 88.4 cm³/mol. The first-order chi connectivity index (χ1) is 11.1. The van der Waals surface area contributed by atoms with Crippen molar-refractivity contribution < 1.29 is 9.59 Å². The first kappa shape index (κ1) is 16.0. The Balaban J connectivity index is 1.69. The van der Waals surface area contributed by atoms with E-state index < -0.39 is 0 Å². The van der Waals surface area contributed by atoms with Gasteiger partial charge in [0.05, 0.1) is 6.54 Å². The average molecular weight is 315 g/mol. The molecule has 1 aromatic carbocycles. The third-order valence-electron chi connectivity index (χ3n) is 5.08. The number of hydrogen-bond acceptors (Lipinski definition) is 3. The molecule has 0 saturated carbocycles. The lowest BCUT2D eigenvalue weighted by Gasteiger charge is -2.48. The van der Waals surface area contributed by atoms with E-state index in [4.69, 9.17) is 5.73 Å². The Labute approximate surface area is 137 Å². The summed E-state index contributed by atoms with van der Waals surface area (Å²) < 4.78 is 0. The summed E-state index contributed by atoms with van der Waals surface area (Å²) in [6.45, 7) is 3.59. The molecule has 0 radical (unpaired) electrons. The fourth-order valence-corrected chi connectivity index (χ4v) is 4.05. The highest BCUT2D eigenvalue weighted by atomic mass is 16.2. The Kier molecular flexibility index (Phi) is 4.66. The highest BCUT2D eigenvalue weighted by Gasteiger charge is 2.41. The number of nitrogens with two attached hydrogens (primary N) is 1. The first-order valence-electron chi connectivity index (χ1n) is 8.39. The van der Waals surface area contributed by atoms with Gasteiger partial charge in [0.25, 0.3) is 0 Å². The summed E-state index contributed by atoms with van der Waals surface area (Å²) >= 11 is 0. The topological polar surface area (TPSA) is 66.6 Å². The van der Waals surface area contributed by atoms with Crippen LogP contribution in [0.1, 0.15) is 31.2 Å². The van der Waals surface area contributed by atoms with Crippen molar-refractivity contribution in [2.75, 3.05) is 26.2 Å². The van der Waals surface area contributed by atoms with Crippen molar-refractivity contribution in [1.29, 1.82) is 0 Å². The third-order valence-corrected chi connectivity index (χ3v) is 5.08. The highest BCUT2D eigenvalue weighted by Crippen LogP contribution is 2.39. The largest absolute Gasteiger partial charge is 0.369 e. The molecule has 0 unspecified atom stereocenters. The summed E-state index contributed by atoms with van der Waals surface area (Å²) in [6.07, 6.45) is 3.73. The van der Waals surface area contributed by atoms with Gasteiger partial charge in [-0.05, 0) is 31.4 Å². The maximum absolute atomic E-state index is 12.3. The van der Waals surface area contributed by atoms with E-state index in [9.17, 15) is 9.59 Å². The molecule has 5 heteroatoms. The molecule has 0 aromatic heterocycles. The van der Waals surface area contributed by atoms with E-state index in [-0.39, 0.29) is 17.2 Å². The molecule has 23 heavy (non-hydrogen) atoms. The molecule has 2 N–H and O–H groups in total. The number of likely N-dealkylation sites (tertiary alicyclic amines) is 2. The lowest BCUT2D eigenvalue weighted by molar-refractivity contribution is -0.140. The van der Waals surface area contributed by atoms with E-state index in [0.717, 1.165) is 38.9 Å². The summed E-state index contributed by atoms with van der Waals surface area (Å²) in [7, 11) is 0. The standard InChI is InChI=1S/C18H25N3O2/c19-16(22)12-20-10-4-8-18(13-20)9-7-17(23)21(14-18)11-15-5-2-1-3-6-15/h1-3,5-6H,4,7-14H2,(H2,19,22)/t18-/m0/s1. The smallest absolute Gasteiger partial charge is 0.231 e. The number of piperidine rings is 2. The minimum atomic E-state index is -0.268. The molecule has 0 aliphatic carbocycles. The summed E-state index contributed by atoms with van der Waals surface area (Å²) in [5, 5.41) is 0. The number of primary amides is 1. The zero-order valence-corrected chi connectivity index (χ0v) is 13.5. The number of carbonyl (C=O) groups is 2. The van der Waals surface area contributed by atoms with E-state index in [0.29, 0.717) is 19.5 Å². The van der Waals surface area contributed by atoms with E-state index in [1.54, 1.807) is 0 Å². The van der Waals surface area contributed by atoms with Crippen molar-refractivity contribution >= 4 is 11.8 Å². The molecule has 1 atom stereocenters. The molecule has 1 spiro atoms. The molecule has 2 aliphatic heterocycles. The van der Waals surface area contributed by atoms with Crippen LogP contribution in [0.4, 0.5) is 0 Å². The quantitative estimate of drug-likeness (QED) is 0.913. The molecule has 2 amide bonds. The van der Waals surface area contributed by atoms with Gasteiger partial charge in [0.15, 0.2) is 0 Å². The number of rotatable bonds is 4. The van der Waals surface area contributed by atoms with Gasteiger partial charge >= 0.3 is 0 Å².